The fraction of sp³-hybridized carbons (Fsp3) is 0.250. The minimum Gasteiger partial charge on any atom is -0.497 e. The van der Waals surface area contributed by atoms with E-state index in [0.717, 1.165) is 10.0 Å². The van der Waals surface area contributed by atoms with Gasteiger partial charge in [-0.15, -0.1) is 0 Å². The summed E-state index contributed by atoms with van der Waals surface area (Å²) < 4.78 is 11.5. The van der Waals surface area contributed by atoms with E-state index in [0.29, 0.717) is 52.0 Å². The number of Topliss-reactive ketones (excluding diaryl/α,β-unsaturated/α-hetero) is 1. The van der Waals surface area contributed by atoms with Crippen LogP contribution in [-0.2, 0) is 20.7 Å². The van der Waals surface area contributed by atoms with Crippen LogP contribution in [-0.4, -0.2) is 42.3 Å². The zero-order chi connectivity index (χ0) is 31.8. The molecule has 2 amide bonds. The van der Waals surface area contributed by atoms with Crippen molar-refractivity contribution in [3.05, 3.63) is 100 Å². The number of methoxy groups -OCH3 is 1. The summed E-state index contributed by atoms with van der Waals surface area (Å²) in [4.78, 5) is 59.1. The van der Waals surface area contributed by atoms with Gasteiger partial charge in [0.05, 0.1) is 41.4 Å². The lowest BCUT2D eigenvalue weighted by molar-refractivity contribution is -0.122. The highest BCUT2D eigenvalue weighted by atomic mass is 79.9. The molecule has 1 fully saturated rings. The molecule has 1 saturated heterocycles. The summed E-state index contributed by atoms with van der Waals surface area (Å²) in [6.07, 6.45) is 5.22. The van der Waals surface area contributed by atoms with Crippen LogP contribution in [0.5, 0.6) is 5.75 Å². The van der Waals surface area contributed by atoms with Crippen LogP contribution < -0.4 is 9.64 Å². The molecule has 3 atom stereocenters. The Bertz CT molecular complexity index is 1880. The molecule has 9 heteroatoms. The smallest absolute Gasteiger partial charge is 0.339 e. The first-order valence-electron chi connectivity index (χ1n) is 14.8. The molecule has 0 radical (unpaired) electrons. The standard InChI is InChI=1S/C36H31BrN2O6/c1-4-21-15-24(37)17-28-29(36(43)45-19-31(40)23-8-6-9-26(16-23)44-3)18-30(38-33(21)28)22-11-13-25(14-12-22)39-34(41)27-10-5-7-20(2)32(27)35(39)42/h5-9,11-18,20,27,32H,4,10,19H2,1-3H3. The van der Waals surface area contributed by atoms with Crippen LogP contribution in [0.1, 0.15) is 46.5 Å². The number of amides is 2. The molecule has 1 aliphatic heterocycles. The van der Waals surface area contributed by atoms with Gasteiger partial charge in [-0.25, -0.2) is 9.78 Å². The summed E-state index contributed by atoms with van der Waals surface area (Å²) in [5.41, 5.74) is 3.93. The maximum absolute atomic E-state index is 13.5. The number of carbonyl (C=O) groups is 4. The molecule has 45 heavy (non-hydrogen) atoms. The second kappa shape index (κ2) is 12.4. The van der Waals surface area contributed by atoms with Crippen LogP contribution in [0.4, 0.5) is 5.69 Å². The number of hydrogen-bond donors (Lipinski definition) is 0. The number of benzene rings is 3. The van der Waals surface area contributed by atoms with E-state index in [1.165, 1.54) is 12.0 Å². The van der Waals surface area contributed by atoms with E-state index in [-0.39, 0.29) is 40.9 Å². The number of halogens is 1. The fourth-order valence-electron chi connectivity index (χ4n) is 6.22. The van der Waals surface area contributed by atoms with Crippen molar-refractivity contribution in [2.24, 2.45) is 17.8 Å². The zero-order valence-corrected chi connectivity index (χ0v) is 26.7. The Morgan fingerprint density at radius 1 is 1.02 bits per heavy atom. The molecule has 2 heterocycles. The molecule has 2 aliphatic rings. The number of nitrogens with zero attached hydrogens (tertiary/aromatic N) is 2. The minimum absolute atomic E-state index is 0.00284. The zero-order valence-electron chi connectivity index (χ0n) is 25.1. The summed E-state index contributed by atoms with van der Waals surface area (Å²) in [6.45, 7) is 3.53. The molecule has 1 aliphatic carbocycles. The number of anilines is 1. The average Bonchev–Trinajstić information content (AvgIpc) is 3.32. The molecule has 4 aromatic rings. The highest BCUT2D eigenvalue weighted by molar-refractivity contribution is 9.10. The lowest BCUT2D eigenvalue weighted by Gasteiger charge is -2.22. The Morgan fingerprint density at radius 2 is 1.80 bits per heavy atom. The van der Waals surface area contributed by atoms with E-state index >= 15 is 0 Å². The van der Waals surface area contributed by atoms with Gasteiger partial charge in [0.25, 0.3) is 0 Å². The molecule has 3 aromatic carbocycles. The normalized spacial score (nSPS) is 19.1. The Balaban J connectivity index is 1.32. The number of aromatic nitrogens is 1. The van der Waals surface area contributed by atoms with Crippen LogP contribution in [0.25, 0.3) is 22.2 Å². The number of allylic oxidation sites excluding steroid dienone is 2. The number of pyridine rings is 1. The first kappa shape index (κ1) is 30.4. The van der Waals surface area contributed by atoms with Gasteiger partial charge in [0.1, 0.15) is 5.75 Å². The topological polar surface area (TPSA) is 103 Å². The van der Waals surface area contributed by atoms with E-state index in [1.807, 2.05) is 38.1 Å². The summed E-state index contributed by atoms with van der Waals surface area (Å²) in [7, 11) is 1.52. The van der Waals surface area contributed by atoms with Crippen molar-refractivity contribution in [3.8, 4) is 17.0 Å². The third kappa shape index (κ3) is 5.68. The maximum Gasteiger partial charge on any atom is 0.339 e. The molecule has 0 bridgehead atoms. The van der Waals surface area contributed by atoms with E-state index in [2.05, 4.69) is 15.9 Å². The van der Waals surface area contributed by atoms with E-state index in [1.54, 1.807) is 54.6 Å². The van der Waals surface area contributed by atoms with E-state index < -0.39 is 12.6 Å². The highest BCUT2D eigenvalue weighted by Crippen LogP contribution is 2.41. The summed E-state index contributed by atoms with van der Waals surface area (Å²) >= 11 is 3.54. The van der Waals surface area contributed by atoms with Crippen LogP contribution in [0.2, 0.25) is 0 Å². The van der Waals surface area contributed by atoms with Gasteiger partial charge in [-0.05, 0) is 66.8 Å². The Morgan fingerprint density at radius 3 is 2.51 bits per heavy atom. The van der Waals surface area contributed by atoms with Gasteiger partial charge in [-0.2, -0.15) is 0 Å². The number of hydrogen-bond acceptors (Lipinski definition) is 7. The summed E-state index contributed by atoms with van der Waals surface area (Å²) in [6, 6.07) is 19.1. The van der Waals surface area contributed by atoms with Crippen LogP contribution in [0.15, 0.2) is 83.4 Å². The predicted octanol–water partition coefficient (Wildman–Crippen LogP) is 6.98. The van der Waals surface area contributed by atoms with Gasteiger partial charge in [0, 0.05) is 21.0 Å². The van der Waals surface area contributed by atoms with Gasteiger partial charge in [-0.3, -0.25) is 19.3 Å². The number of rotatable bonds is 8. The van der Waals surface area contributed by atoms with Crippen LogP contribution >= 0.6 is 15.9 Å². The number of fused-ring (bicyclic) bond motifs is 2. The maximum atomic E-state index is 13.5. The van der Waals surface area contributed by atoms with Crippen molar-refractivity contribution in [3.63, 3.8) is 0 Å². The predicted molar refractivity (Wildman–Crippen MR) is 174 cm³/mol. The second-order valence-electron chi connectivity index (χ2n) is 11.3. The number of ketones is 1. The third-order valence-corrected chi connectivity index (χ3v) is 9.04. The number of carbonyl (C=O) groups excluding carboxylic acids is 4. The fourth-order valence-corrected chi connectivity index (χ4v) is 6.72. The van der Waals surface area contributed by atoms with E-state index in [4.69, 9.17) is 14.5 Å². The van der Waals surface area contributed by atoms with Gasteiger partial charge < -0.3 is 9.47 Å². The van der Waals surface area contributed by atoms with Gasteiger partial charge >= 0.3 is 5.97 Å². The second-order valence-corrected chi connectivity index (χ2v) is 12.2. The number of ether oxygens (including phenoxy) is 2. The molecule has 1 aromatic heterocycles. The van der Waals surface area contributed by atoms with Crippen LogP contribution in [0, 0.1) is 17.8 Å². The molecule has 228 valence electrons. The molecule has 6 rings (SSSR count). The first-order valence-corrected chi connectivity index (χ1v) is 15.6. The lowest BCUT2D eigenvalue weighted by atomic mass is 9.78. The summed E-state index contributed by atoms with van der Waals surface area (Å²) in [5.74, 6) is -1.52. The molecule has 0 spiro atoms. The van der Waals surface area contributed by atoms with Crippen molar-refractivity contribution >= 4 is 56.1 Å². The van der Waals surface area contributed by atoms with Crippen molar-refractivity contribution in [2.45, 2.75) is 26.7 Å². The van der Waals surface area contributed by atoms with Crippen molar-refractivity contribution in [1.29, 1.82) is 0 Å². The van der Waals surface area contributed by atoms with Gasteiger partial charge in [0.15, 0.2) is 12.4 Å². The van der Waals surface area contributed by atoms with E-state index in [9.17, 15) is 19.2 Å². The lowest BCUT2D eigenvalue weighted by Crippen LogP contribution is -2.31. The third-order valence-electron chi connectivity index (χ3n) is 8.58. The van der Waals surface area contributed by atoms with Crippen LogP contribution in [0.3, 0.4) is 0 Å². The first-order chi connectivity index (χ1) is 21.7. The highest BCUT2D eigenvalue weighted by Gasteiger charge is 2.50. The quantitative estimate of drug-likeness (QED) is 0.0865. The molecule has 8 nitrogen and oxygen atoms in total. The van der Waals surface area contributed by atoms with Crippen molar-refractivity contribution in [1.82, 2.24) is 4.98 Å². The molecule has 0 saturated carbocycles. The van der Waals surface area contributed by atoms with Crippen molar-refractivity contribution in [2.75, 3.05) is 18.6 Å². The van der Waals surface area contributed by atoms with Gasteiger partial charge in [-0.1, -0.05) is 66.2 Å². The number of imide groups is 1. The Hall–Kier alpha value is -4.63. The monoisotopic (exact) mass is 666 g/mol. The largest absolute Gasteiger partial charge is 0.497 e. The average molecular weight is 668 g/mol. The molecular formula is C36H31BrN2O6. The Kier molecular flexibility index (Phi) is 8.38. The Labute approximate surface area is 269 Å². The molecular weight excluding hydrogens is 636 g/mol. The number of aryl methyl sites for hydroxylation is 1. The molecule has 0 N–H and O–H groups in total. The van der Waals surface area contributed by atoms with Gasteiger partial charge in [0.2, 0.25) is 11.8 Å². The minimum atomic E-state index is -0.657. The molecule has 3 unspecified atom stereocenters. The van der Waals surface area contributed by atoms with Crippen molar-refractivity contribution < 1.29 is 28.7 Å². The number of esters is 1. The summed E-state index contributed by atoms with van der Waals surface area (Å²) in [5, 5.41) is 0.596. The SMILES string of the molecule is CCc1cc(Br)cc2c(C(=O)OCC(=O)c3cccc(OC)c3)cc(-c3ccc(N4C(=O)C5CC=CC(C)C5C4=O)cc3)nc12.